The van der Waals surface area contributed by atoms with Crippen LogP contribution in [-0.4, -0.2) is 9.38 Å². The standard InChI is InChI=1S/C25H14N2O/c1-3-10-18-15(7-1)16-8-2-4-11-19(16)25-24(18)26-23-13-20-17-9-5-6-12-21(17)28-22(20)14-27(23)25/h1-14H. The molecule has 3 nitrogen and oxygen atoms in total. The third-order valence-electron chi connectivity index (χ3n) is 5.78. The molecule has 0 radical (unpaired) electrons. The first-order valence-electron chi connectivity index (χ1n) is 9.41. The smallest absolute Gasteiger partial charge is 0.152 e. The van der Waals surface area contributed by atoms with Gasteiger partial charge in [-0.1, -0.05) is 66.7 Å². The third-order valence-corrected chi connectivity index (χ3v) is 5.78. The quantitative estimate of drug-likeness (QED) is 0.283. The third kappa shape index (κ3) is 1.66. The van der Waals surface area contributed by atoms with Crippen molar-refractivity contribution in [2.45, 2.75) is 0 Å². The lowest BCUT2D eigenvalue weighted by atomic mass is 10.00. The molecule has 0 atom stereocenters. The molecule has 7 aromatic rings. The van der Waals surface area contributed by atoms with Crippen LogP contribution in [0, 0.1) is 0 Å². The molecule has 3 heteroatoms. The molecule has 0 saturated carbocycles. The zero-order chi connectivity index (χ0) is 18.2. The molecule has 0 saturated heterocycles. The Bertz CT molecular complexity index is 1720. The van der Waals surface area contributed by atoms with Gasteiger partial charge >= 0.3 is 0 Å². The summed E-state index contributed by atoms with van der Waals surface area (Å²) in [7, 11) is 0. The van der Waals surface area contributed by atoms with Crippen molar-refractivity contribution in [3.63, 3.8) is 0 Å². The van der Waals surface area contributed by atoms with Gasteiger partial charge in [0.1, 0.15) is 11.2 Å². The van der Waals surface area contributed by atoms with Crippen LogP contribution in [0.3, 0.4) is 0 Å². The van der Waals surface area contributed by atoms with E-state index < -0.39 is 0 Å². The molecule has 0 aliphatic carbocycles. The molecule has 0 unspecified atom stereocenters. The highest BCUT2D eigenvalue weighted by atomic mass is 16.3. The van der Waals surface area contributed by atoms with Gasteiger partial charge in [0.2, 0.25) is 0 Å². The molecule has 3 heterocycles. The second-order valence-electron chi connectivity index (χ2n) is 7.28. The van der Waals surface area contributed by atoms with Gasteiger partial charge in [0, 0.05) is 21.5 Å². The first-order valence-corrected chi connectivity index (χ1v) is 9.41. The monoisotopic (exact) mass is 358 g/mol. The SMILES string of the molecule is c1ccc2c(c1)oc1cn3c(cc12)nc1c2ccccc2c2ccccc2c13. The molecule has 0 spiro atoms. The van der Waals surface area contributed by atoms with Gasteiger partial charge in [-0.05, 0) is 22.9 Å². The summed E-state index contributed by atoms with van der Waals surface area (Å²) in [5, 5.41) is 7.11. The summed E-state index contributed by atoms with van der Waals surface area (Å²) in [4.78, 5) is 5.05. The minimum Gasteiger partial charge on any atom is -0.455 e. The van der Waals surface area contributed by atoms with E-state index >= 15 is 0 Å². The molecule has 0 N–H and O–H groups in total. The highest BCUT2D eigenvalue weighted by Crippen LogP contribution is 2.37. The van der Waals surface area contributed by atoms with E-state index in [9.17, 15) is 0 Å². The molecule has 130 valence electrons. The summed E-state index contributed by atoms with van der Waals surface area (Å²) in [6.07, 6.45) is 2.08. The Labute approximate surface area is 159 Å². The van der Waals surface area contributed by atoms with Crippen molar-refractivity contribution < 1.29 is 4.42 Å². The largest absolute Gasteiger partial charge is 0.455 e. The van der Waals surface area contributed by atoms with E-state index in [0.717, 1.165) is 38.6 Å². The lowest BCUT2D eigenvalue weighted by molar-refractivity contribution is 0.666. The predicted molar refractivity (Wildman–Crippen MR) is 115 cm³/mol. The van der Waals surface area contributed by atoms with Gasteiger partial charge in [0.15, 0.2) is 5.58 Å². The zero-order valence-electron chi connectivity index (χ0n) is 14.9. The number of hydrogen-bond donors (Lipinski definition) is 0. The summed E-state index contributed by atoms with van der Waals surface area (Å²) >= 11 is 0. The van der Waals surface area contributed by atoms with Crippen LogP contribution < -0.4 is 0 Å². The minimum atomic E-state index is 0.880. The number of aromatic nitrogens is 2. The fourth-order valence-electron chi connectivity index (χ4n) is 4.55. The number of pyridine rings is 1. The average Bonchev–Trinajstić information content (AvgIpc) is 3.30. The molecule has 7 rings (SSSR count). The molecule has 0 bridgehead atoms. The number of hydrogen-bond acceptors (Lipinski definition) is 2. The Morgan fingerprint density at radius 3 is 2.07 bits per heavy atom. The molecular weight excluding hydrogens is 344 g/mol. The van der Waals surface area contributed by atoms with E-state index in [4.69, 9.17) is 9.40 Å². The molecule has 3 aromatic heterocycles. The van der Waals surface area contributed by atoms with Crippen molar-refractivity contribution in [3.05, 3.63) is 85.1 Å². The first-order chi connectivity index (χ1) is 13.9. The molecule has 0 amide bonds. The van der Waals surface area contributed by atoms with Crippen LogP contribution in [0.15, 0.2) is 89.5 Å². The van der Waals surface area contributed by atoms with Gasteiger partial charge < -0.3 is 4.42 Å². The Kier molecular flexibility index (Phi) is 2.49. The van der Waals surface area contributed by atoms with Crippen LogP contribution in [0.25, 0.3) is 60.2 Å². The Morgan fingerprint density at radius 1 is 0.607 bits per heavy atom. The van der Waals surface area contributed by atoms with Crippen molar-refractivity contribution >= 4 is 60.2 Å². The normalized spacial score (nSPS) is 12.3. The Balaban J connectivity index is 1.79. The molecule has 0 aliphatic rings. The lowest BCUT2D eigenvalue weighted by Crippen LogP contribution is -1.86. The van der Waals surface area contributed by atoms with Crippen molar-refractivity contribution in [1.29, 1.82) is 0 Å². The minimum absolute atomic E-state index is 0.880. The number of imidazole rings is 1. The second-order valence-corrected chi connectivity index (χ2v) is 7.28. The van der Waals surface area contributed by atoms with Crippen LogP contribution in [-0.2, 0) is 0 Å². The van der Waals surface area contributed by atoms with Gasteiger partial charge in [-0.25, -0.2) is 4.98 Å². The van der Waals surface area contributed by atoms with Gasteiger partial charge in [0.05, 0.1) is 17.2 Å². The number of fused-ring (bicyclic) bond motifs is 11. The number of benzene rings is 4. The van der Waals surface area contributed by atoms with E-state index in [-0.39, 0.29) is 0 Å². The number of rotatable bonds is 0. The summed E-state index contributed by atoms with van der Waals surface area (Å²) in [5.74, 6) is 0. The van der Waals surface area contributed by atoms with E-state index in [1.807, 2.05) is 18.2 Å². The van der Waals surface area contributed by atoms with Gasteiger partial charge in [0.25, 0.3) is 0 Å². The van der Waals surface area contributed by atoms with Crippen molar-refractivity contribution in [3.8, 4) is 0 Å². The predicted octanol–water partition coefficient (Wildman–Crippen LogP) is 6.69. The van der Waals surface area contributed by atoms with Crippen LogP contribution in [0.1, 0.15) is 0 Å². The maximum atomic E-state index is 6.13. The zero-order valence-corrected chi connectivity index (χ0v) is 14.9. The topological polar surface area (TPSA) is 30.4 Å². The molecule has 4 aromatic carbocycles. The lowest BCUT2D eigenvalue weighted by Gasteiger charge is -2.06. The van der Waals surface area contributed by atoms with Crippen LogP contribution in [0.2, 0.25) is 0 Å². The maximum Gasteiger partial charge on any atom is 0.152 e. The van der Waals surface area contributed by atoms with E-state index in [1.54, 1.807) is 0 Å². The summed E-state index contributed by atoms with van der Waals surface area (Å²) in [6.45, 7) is 0. The summed E-state index contributed by atoms with van der Waals surface area (Å²) in [6, 6.07) is 27.4. The van der Waals surface area contributed by atoms with Crippen LogP contribution in [0.4, 0.5) is 0 Å². The van der Waals surface area contributed by atoms with Gasteiger partial charge in [-0.3, -0.25) is 4.40 Å². The number of furan rings is 1. The van der Waals surface area contributed by atoms with E-state index in [2.05, 4.69) is 71.3 Å². The Hall–Kier alpha value is -3.85. The van der Waals surface area contributed by atoms with Crippen LogP contribution in [0.5, 0.6) is 0 Å². The Morgan fingerprint density at radius 2 is 1.25 bits per heavy atom. The van der Waals surface area contributed by atoms with Gasteiger partial charge in [-0.2, -0.15) is 0 Å². The van der Waals surface area contributed by atoms with E-state index in [0.29, 0.717) is 0 Å². The van der Waals surface area contributed by atoms with Crippen molar-refractivity contribution in [2.24, 2.45) is 0 Å². The highest BCUT2D eigenvalue weighted by molar-refractivity contribution is 6.24. The molecule has 0 aliphatic heterocycles. The van der Waals surface area contributed by atoms with Gasteiger partial charge in [-0.15, -0.1) is 0 Å². The highest BCUT2D eigenvalue weighted by Gasteiger charge is 2.16. The van der Waals surface area contributed by atoms with Crippen molar-refractivity contribution in [2.75, 3.05) is 0 Å². The number of para-hydroxylation sites is 1. The molecule has 28 heavy (non-hydrogen) atoms. The van der Waals surface area contributed by atoms with E-state index in [1.165, 1.54) is 21.5 Å². The summed E-state index contributed by atoms with van der Waals surface area (Å²) < 4.78 is 8.31. The molecule has 0 fully saturated rings. The molecular formula is C25H14N2O. The number of nitrogens with zero attached hydrogens (tertiary/aromatic N) is 2. The van der Waals surface area contributed by atoms with Crippen LogP contribution >= 0.6 is 0 Å². The van der Waals surface area contributed by atoms with Crippen molar-refractivity contribution in [1.82, 2.24) is 9.38 Å². The summed E-state index contributed by atoms with van der Waals surface area (Å²) in [5.41, 5.74) is 4.89. The maximum absolute atomic E-state index is 6.13. The average molecular weight is 358 g/mol. The second kappa shape index (κ2) is 4.90. The fourth-order valence-corrected chi connectivity index (χ4v) is 4.55. The first kappa shape index (κ1) is 14.2. The fraction of sp³-hybridized carbons (Fsp3) is 0.